The normalized spacial score (nSPS) is 14.6. The van der Waals surface area contributed by atoms with Crippen LogP contribution in [0.4, 0.5) is 0 Å². The molecular weight excluding hydrogens is 276 g/mol. The van der Waals surface area contributed by atoms with E-state index in [4.69, 9.17) is 4.98 Å². The number of aromatic nitrogens is 1. The van der Waals surface area contributed by atoms with E-state index in [0.29, 0.717) is 5.41 Å². The molecule has 1 heterocycles. The first-order valence-electron chi connectivity index (χ1n) is 8.56. The van der Waals surface area contributed by atoms with Gasteiger partial charge in [0.05, 0.1) is 10.7 Å². The van der Waals surface area contributed by atoms with Crippen molar-refractivity contribution < 1.29 is 0 Å². The largest absolute Gasteiger partial charge is 0.316 e. The van der Waals surface area contributed by atoms with Gasteiger partial charge in [-0.05, 0) is 44.6 Å². The number of hydrogen-bond acceptors (Lipinski definition) is 3. The lowest BCUT2D eigenvalue weighted by Crippen LogP contribution is -2.37. The average Bonchev–Trinajstić information content (AvgIpc) is 2.74. The quantitative estimate of drug-likeness (QED) is 0.647. The molecule has 0 saturated carbocycles. The Morgan fingerprint density at radius 1 is 1.24 bits per heavy atom. The zero-order valence-corrected chi connectivity index (χ0v) is 15.7. The van der Waals surface area contributed by atoms with Crippen LogP contribution in [0.1, 0.15) is 69.0 Å². The Morgan fingerprint density at radius 3 is 2.43 bits per heavy atom. The molecule has 1 unspecified atom stereocenters. The van der Waals surface area contributed by atoms with Gasteiger partial charge in [0.15, 0.2) is 0 Å². The Morgan fingerprint density at radius 2 is 1.95 bits per heavy atom. The number of hydrogen-bond donors (Lipinski definition) is 1. The highest BCUT2D eigenvalue weighted by Crippen LogP contribution is 2.34. The smallest absolute Gasteiger partial charge is 0.0936 e. The molecule has 122 valence electrons. The number of nitrogens with zero attached hydrogens (tertiary/aromatic N) is 1. The Balaban J connectivity index is 2.77. The van der Waals surface area contributed by atoms with Crippen LogP contribution in [-0.2, 0) is 6.42 Å². The fourth-order valence-electron chi connectivity index (χ4n) is 2.78. The lowest BCUT2D eigenvalue weighted by molar-refractivity contribution is 0.226. The zero-order valence-electron chi connectivity index (χ0n) is 14.9. The molecule has 0 amide bonds. The van der Waals surface area contributed by atoms with Gasteiger partial charge < -0.3 is 5.32 Å². The van der Waals surface area contributed by atoms with Gasteiger partial charge in [0.25, 0.3) is 0 Å². The maximum absolute atomic E-state index is 4.79. The summed E-state index contributed by atoms with van der Waals surface area (Å²) in [6.07, 6.45) is 6.27. The van der Waals surface area contributed by atoms with E-state index in [9.17, 15) is 0 Å². The lowest BCUT2D eigenvalue weighted by atomic mass is 9.77. The molecule has 0 fully saturated rings. The first kappa shape index (κ1) is 18.6. The molecule has 1 rings (SSSR count). The van der Waals surface area contributed by atoms with Gasteiger partial charge in [-0.3, -0.25) is 0 Å². The maximum Gasteiger partial charge on any atom is 0.0936 e. The van der Waals surface area contributed by atoms with Crippen molar-refractivity contribution in [1.82, 2.24) is 10.3 Å². The third kappa shape index (κ3) is 6.07. The molecule has 1 aromatic heterocycles. The van der Waals surface area contributed by atoms with Gasteiger partial charge >= 0.3 is 0 Å². The van der Waals surface area contributed by atoms with Crippen LogP contribution in [0.15, 0.2) is 0 Å². The number of thiazole rings is 1. The SMILES string of the molecule is CCCCC(CC)(CNCC(C)C)Cc1nc(C)c(C)s1. The molecule has 0 spiro atoms. The van der Waals surface area contributed by atoms with Crippen LogP contribution in [0.25, 0.3) is 0 Å². The van der Waals surface area contributed by atoms with Crippen LogP contribution in [-0.4, -0.2) is 18.1 Å². The molecule has 0 saturated heterocycles. The average molecular weight is 311 g/mol. The monoisotopic (exact) mass is 310 g/mol. The summed E-state index contributed by atoms with van der Waals surface area (Å²) in [5.41, 5.74) is 1.59. The minimum Gasteiger partial charge on any atom is -0.316 e. The Hall–Kier alpha value is -0.410. The molecule has 0 radical (unpaired) electrons. The topological polar surface area (TPSA) is 24.9 Å². The van der Waals surface area contributed by atoms with Crippen molar-refractivity contribution in [2.24, 2.45) is 11.3 Å². The van der Waals surface area contributed by atoms with Crippen LogP contribution in [0.5, 0.6) is 0 Å². The fourth-order valence-corrected chi connectivity index (χ4v) is 3.89. The lowest BCUT2D eigenvalue weighted by Gasteiger charge is -2.33. The number of rotatable bonds is 10. The number of unbranched alkanes of at least 4 members (excludes halogenated alkanes) is 1. The molecule has 1 aromatic rings. The molecule has 0 aliphatic rings. The molecular formula is C18H34N2S. The fraction of sp³-hybridized carbons (Fsp3) is 0.833. The summed E-state index contributed by atoms with van der Waals surface area (Å²) in [4.78, 5) is 6.16. The van der Waals surface area contributed by atoms with Crippen LogP contribution in [0.3, 0.4) is 0 Å². The number of aryl methyl sites for hydroxylation is 2. The second kappa shape index (κ2) is 8.89. The predicted octanol–water partition coefficient (Wildman–Crippen LogP) is 5.13. The summed E-state index contributed by atoms with van der Waals surface area (Å²) in [5.74, 6) is 0.718. The van der Waals surface area contributed by atoms with Crippen LogP contribution >= 0.6 is 11.3 Å². The first-order chi connectivity index (χ1) is 9.92. The summed E-state index contributed by atoms with van der Waals surface area (Å²) in [7, 11) is 0. The van der Waals surface area contributed by atoms with Crippen molar-refractivity contribution in [3.05, 3.63) is 15.6 Å². The van der Waals surface area contributed by atoms with Gasteiger partial charge in [-0.1, -0.05) is 40.5 Å². The first-order valence-corrected chi connectivity index (χ1v) is 9.37. The molecule has 1 N–H and O–H groups in total. The van der Waals surface area contributed by atoms with Crippen LogP contribution < -0.4 is 5.32 Å². The molecule has 2 nitrogen and oxygen atoms in total. The van der Waals surface area contributed by atoms with Gasteiger partial charge in [-0.2, -0.15) is 0 Å². The van der Waals surface area contributed by atoms with E-state index in [1.165, 1.54) is 41.3 Å². The Bertz CT molecular complexity index is 392. The van der Waals surface area contributed by atoms with E-state index in [0.717, 1.165) is 25.4 Å². The molecule has 0 aromatic carbocycles. The van der Waals surface area contributed by atoms with E-state index in [1.807, 2.05) is 11.3 Å². The van der Waals surface area contributed by atoms with Gasteiger partial charge in [0, 0.05) is 17.8 Å². The highest BCUT2D eigenvalue weighted by Gasteiger charge is 2.29. The predicted molar refractivity (Wildman–Crippen MR) is 95.2 cm³/mol. The molecule has 21 heavy (non-hydrogen) atoms. The van der Waals surface area contributed by atoms with E-state index >= 15 is 0 Å². The third-order valence-electron chi connectivity index (χ3n) is 4.46. The van der Waals surface area contributed by atoms with Gasteiger partial charge in [0.1, 0.15) is 0 Å². The van der Waals surface area contributed by atoms with E-state index < -0.39 is 0 Å². The number of nitrogens with one attached hydrogen (secondary N) is 1. The highest BCUT2D eigenvalue weighted by atomic mass is 32.1. The Labute approximate surface area is 135 Å². The summed E-state index contributed by atoms with van der Waals surface area (Å²) in [6.45, 7) is 15.8. The third-order valence-corrected chi connectivity index (χ3v) is 5.54. The minimum absolute atomic E-state index is 0.377. The maximum atomic E-state index is 4.79. The van der Waals surface area contributed by atoms with Crippen LogP contribution in [0.2, 0.25) is 0 Å². The summed E-state index contributed by atoms with van der Waals surface area (Å²) in [6, 6.07) is 0. The van der Waals surface area contributed by atoms with Crippen molar-refractivity contribution in [1.29, 1.82) is 0 Å². The zero-order chi connectivity index (χ0) is 15.9. The van der Waals surface area contributed by atoms with Crippen molar-refractivity contribution in [3.63, 3.8) is 0 Å². The molecule has 0 aliphatic heterocycles. The highest BCUT2D eigenvalue weighted by molar-refractivity contribution is 7.11. The van der Waals surface area contributed by atoms with Crippen molar-refractivity contribution in [2.75, 3.05) is 13.1 Å². The summed E-state index contributed by atoms with van der Waals surface area (Å²) >= 11 is 1.89. The van der Waals surface area contributed by atoms with Crippen LogP contribution in [0, 0.1) is 25.2 Å². The van der Waals surface area contributed by atoms with Crippen molar-refractivity contribution >= 4 is 11.3 Å². The molecule has 0 bridgehead atoms. The minimum atomic E-state index is 0.377. The molecule has 0 aliphatic carbocycles. The second-order valence-electron chi connectivity index (χ2n) is 6.91. The van der Waals surface area contributed by atoms with Gasteiger partial charge in [0.2, 0.25) is 0 Å². The van der Waals surface area contributed by atoms with E-state index in [1.54, 1.807) is 0 Å². The van der Waals surface area contributed by atoms with Crippen molar-refractivity contribution in [3.8, 4) is 0 Å². The van der Waals surface area contributed by atoms with Gasteiger partial charge in [-0.15, -0.1) is 11.3 Å². The van der Waals surface area contributed by atoms with E-state index in [-0.39, 0.29) is 0 Å². The standard InChI is InChI=1S/C18H34N2S/c1-7-9-10-18(8-2,13-19-12-14(3)4)11-17-20-15(5)16(6)21-17/h14,19H,7-13H2,1-6H3. The second-order valence-corrected chi connectivity index (χ2v) is 8.20. The molecule has 3 heteroatoms. The molecule has 1 atom stereocenters. The summed E-state index contributed by atoms with van der Waals surface area (Å²) < 4.78 is 0. The van der Waals surface area contributed by atoms with Gasteiger partial charge in [-0.25, -0.2) is 4.98 Å². The van der Waals surface area contributed by atoms with E-state index in [2.05, 4.69) is 46.9 Å². The summed E-state index contributed by atoms with van der Waals surface area (Å²) in [5, 5.41) is 5.03. The Kier molecular flexibility index (Phi) is 7.89. The van der Waals surface area contributed by atoms with Crippen molar-refractivity contribution in [2.45, 2.75) is 73.6 Å².